The van der Waals surface area contributed by atoms with E-state index in [1.54, 1.807) is 36.0 Å². The average Bonchev–Trinajstić information content (AvgIpc) is 3.13. The lowest BCUT2D eigenvalue weighted by Crippen LogP contribution is -2.08. The lowest BCUT2D eigenvalue weighted by atomic mass is 10.1. The van der Waals surface area contributed by atoms with Gasteiger partial charge in [-0.25, -0.2) is 0 Å². The number of thioether (sulfide) groups is 1. The summed E-state index contributed by atoms with van der Waals surface area (Å²) >= 11 is 1.65. The van der Waals surface area contributed by atoms with E-state index in [9.17, 15) is 4.79 Å². The van der Waals surface area contributed by atoms with Crippen molar-refractivity contribution in [3.63, 3.8) is 0 Å². The molecule has 0 N–H and O–H groups in total. The first-order valence-electron chi connectivity index (χ1n) is 7.89. The fourth-order valence-corrected chi connectivity index (χ4v) is 3.13. The summed E-state index contributed by atoms with van der Waals surface area (Å²) in [7, 11) is 0. The monoisotopic (exact) mass is 354 g/mol. The van der Waals surface area contributed by atoms with E-state index in [1.165, 1.54) is 22.4 Å². The average molecular weight is 354 g/mol. The fourth-order valence-electron chi connectivity index (χ4n) is 2.20. The fraction of sp³-hybridized carbons (Fsp3) is 0.211. The molecule has 0 fully saturated rings. The number of esters is 1. The Morgan fingerprint density at radius 1 is 1.12 bits per heavy atom. The van der Waals surface area contributed by atoms with E-state index in [1.807, 2.05) is 0 Å². The van der Waals surface area contributed by atoms with Crippen molar-refractivity contribution >= 4 is 17.7 Å². The van der Waals surface area contributed by atoms with Crippen LogP contribution < -0.4 is 4.74 Å². The maximum absolute atomic E-state index is 12.0. The van der Waals surface area contributed by atoms with Crippen LogP contribution in [0.15, 0.2) is 58.2 Å². The third kappa shape index (κ3) is 4.70. The van der Waals surface area contributed by atoms with Gasteiger partial charge in [-0.15, -0.1) is 22.0 Å². The summed E-state index contributed by atoms with van der Waals surface area (Å²) in [6.07, 6.45) is 1.62. The van der Waals surface area contributed by atoms with Gasteiger partial charge in [-0.3, -0.25) is 4.79 Å². The van der Waals surface area contributed by atoms with Crippen LogP contribution in [0.1, 0.15) is 17.5 Å². The molecule has 0 bridgehead atoms. The maximum Gasteiger partial charge on any atom is 0.312 e. The van der Waals surface area contributed by atoms with E-state index in [0.717, 1.165) is 5.56 Å². The van der Waals surface area contributed by atoms with Crippen LogP contribution in [0.5, 0.6) is 5.75 Å². The predicted octanol–water partition coefficient (Wildman–Crippen LogP) is 4.44. The molecule has 128 valence electrons. The van der Waals surface area contributed by atoms with Crippen molar-refractivity contribution in [2.24, 2.45) is 0 Å². The van der Waals surface area contributed by atoms with Crippen molar-refractivity contribution in [2.45, 2.75) is 25.2 Å². The van der Waals surface area contributed by atoms with Gasteiger partial charge in [0.1, 0.15) is 5.75 Å². The Bertz CT molecular complexity index is 846. The summed E-state index contributed by atoms with van der Waals surface area (Å²) in [5, 5.41) is 7.46. The molecule has 0 saturated carbocycles. The summed E-state index contributed by atoms with van der Waals surface area (Å²) in [6.45, 7) is 4.18. The van der Waals surface area contributed by atoms with Crippen LogP contribution >= 0.6 is 11.8 Å². The van der Waals surface area contributed by atoms with E-state index < -0.39 is 0 Å². The number of aromatic nitrogens is 2. The van der Waals surface area contributed by atoms with Crippen LogP contribution in [0.25, 0.3) is 11.5 Å². The molecule has 0 aliphatic carbocycles. The number of hydrogen-bond donors (Lipinski definition) is 0. The lowest BCUT2D eigenvalue weighted by Gasteiger charge is -2.06. The van der Waals surface area contributed by atoms with E-state index >= 15 is 0 Å². The molecule has 0 radical (unpaired) electrons. The first kappa shape index (κ1) is 17.2. The van der Waals surface area contributed by atoms with Gasteiger partial charge >= 0.3 is 5.97 Å². The molecule has 0 amide bonds. The highest BCUT2D eigenvalue weighted by Crippen LogP contribution is 2.23. The van der Waals surface area contributed by atoms with E-state index in [4.69, 9.17) is 9.15 Å². The third-order valence-corrected chi connectivity index (χ3v) is 4.74. The van der Waals surface area contributed by atoms with Gasteiger partial charge in [-0.05, 0) is 61.4 Å². The molecule has 0 saturated heterocycles. The van der Waals surface area contributed by atoms with Gasteiger partial charge in [-0.2, -0.15) is 0 Å². The van der Waals surface area contributed by atoms with Crippen molar-refractivity contribution in [1.82, 2.24) is 10.2 Å². The molecule has 0 aliphatic rings. The standard InChI is InChI=1S/C19H18N2O3S/c1-13-3-8-17(11-14(13)2)25-10-9-18(22)24-16-6-4-15(5-7-16)19-21-20-12-23-19/h3-8,11-12H,9-10H2,1-2H3. The first-order chi connectivity index (χ1) is 12.1. The Kier molecular flexibility index (Phi) is 5.50. The molecule has 1 aromatic heterocycles. The predicted molar refractivity (Wildman–Crippen MR) is 96.6 cm³/mol. The summed E-state index contributed by atoms with van der Waals surface area (Å²) in [6, 6.07) is 13.3. The highest BCUT2D eigenvalue weighted by Gasteiger charge is 2.08. The van der Waals surface area contributed by atoms with Crippen LogP contribution in [0.2, 0.25) is 0 Å². The molecule has 0 unspecified atom stereocenters. The van der Waals surface area contributed by atoms with E-state index in [0.29, 0.717) is 23.8 Å². The minimum absolute atomic E-state index is 0.248. The smallest absolute Gasteiger partial charge is 0.312 e. The zero-order valence-electron chi connectivity index (χ0n) is 14.1. The van der Waals surface area contributed by atoms with Crippen molar-refractivity contribution in [3.05, 3.63) is 60.0 Å². The van der Waals surface area contributed by atoms with Crippen molar-refractivity contribution < 1.29 is 13.9 Å². The minimum atomic E-state index is -0.248. The van der Waals surface area contributed by atoms with Gasteiger partial charge in [0.15, 0.2) is 0 Å². The van der Waals surface area contributed by atoms with Crippen LogP contribution in [0.4, 0.5) is 0 Å². The van der Waals surface area contributed by atoms with Gasteiger partial charge in [0.25, 0.3) is 0 Å². The van der Waals surface area contributed by atoms with Crippen LogP contribution in [-0.4, -0.2) is 21.9 Å². The minimum Gasteiger partial charge on any atom is -0.427 e. The molecule has 0 aliphatic heterocycles. The van der Waals surface area contributed by atoms with Gasteiger partial charge in [0, 0.05) is 16.2 Å². The second-order valence-electron chi connectivity index (χ2n) is 5.59. The zero-order chi connectivity index (χ0) is 17.6. The second-order valence-corrected chi connectivity index (χ2v) is 6.76. The highest BCUT2D eigenvalue weighted by atomic mass is 32.2. The van der Waals surface area contributed by atoms with Crippen molar-refractivity contribution in [3.8, 4) is 17.2 Å². The summed E-state index contributed by atoms with van der Waals surface area (Å²) in [5.74, 6) is 1.37. The molecule has 25 heavy (non-hydrogen) atoms. The quantitative estimate of drug-likeness (QED) is 0.370. The summed E-state index contributed by atoms with van der Waals surface area (Å²) in [5.41, 5.74) is 3.31. The molecule has 1 heterocycles. The molecular weight excluding hydrogens is 336 g/mol. The molecule has 6 heteroatoms. The van der Waals surface area contributed by atoms with Crippen LogP contribution in [0, 0.1) is 13.8 Å². The normalized spacial score (nSPS) is 10.6. The van der Waals surface area contributed by atoms with Gasteiger partial charge in [0.2, 0.25) is 12.3 Å². The summed E-state index contributed by atoms with van der Waals surface area (Å²) < 4.78 is 10.5. The molecular formula is C19H18N2O3S. The number of rotatable bonds is 6. The Morgan fingerprint density at radius 2 is 1.92 bits per heavy atom. The second kappa shape index (κ2) is 7.98. The number of carbonyl (C=O) groups is 1. The zero-order valence-corrected chi connectivity index (χ0v) is 14.9. The number of nitrogens with zero attached hydrogens (tertiary/aromatic N) is 2. The SMILES string of the molecule is Cc1ccc(SCCC(=O)Oc2ccc(-c3nnco3)cc2)cc1C. The lowest BCUT2D eigenvalue weighted by molar-refractivity contribution is -0.133. The summed E-state index contributed by atoms with van der Waals surface area (Å²) in [4.78, 5) is 13.1. The van der Waals surface area contributed by atoms with Crippen molar-refractivity contribution in [1.29, 1.82) is 0 Å². The maximum atomic E-state index is 12.0. The van der Waals surface area contributed by atoms with Gasteiger partial charge in [-0.1, -0.05) is 6.07 Å². The number of hydrogen-bond acceptors (Lipinski definition) is 6. The van der Waals surface area contributed by atoms with Gasteiger partial charge < -0.3 is 9.15 Å². The number of aryl methyl sites for hydroxylation is 2. The Labute approximate surface area is 150 Å². The first-order valence-corrected chi connectivity index (χ1v) is 8.88. The Hall–Kier alpha value is -2.60. The molecule has 0 spiro atoms. The molecule has 0 atom stereocenters. The largest absolute Gasteiger partial charge is 0.427 e. The number of benzene rings is 2. The highest BCUT2D eigenvalue weighted by molar-refractivity contribution is 7.99. The topological polar surface area (TPSA) is 65.2 Å². The van der Waals surface area contributed by atoms with Crippen LogP contribution in [0.3, 0.4) is 0 Å². The number of ether oxygens (including phenoxy) is 1. The Morgan fingerprint density at radius 3 is 2.60 bits per heavy atom. The number of carbonyl (C=O) groups excluding carboxylic acids is 1. The van der Waals surface area contributed by atoms with E-state index in [-0.39, 0.29) is 5.97 Å². The third-order valence-electron chi connectivity index (χ3n) is 3.75. The van der Waals surface area contributed by atoms with Crippen LogP contribution in [-0.2, 0) is 4.79 Å². The molecule has 5 nitrogen and oxygen atoms in total. The van der Waals surface area contributed by atoms with E-state index in [2.05, 4.69) is 42.2 Å². The van der Waals surface area contributed by atoms with Gasteiger partial charge in [0.05, 0.1) is 6.42 Å². The molecule has 3 aromatic rings. The van der Waals surface area contributed by atoms with Crippen molar-refractivity contribution in [2.75, 3.05) is 5.75 Å². The Balaban J connectivity index is 1.48. The molecule has 2 aromatic carbocycles. The molecule has 3 rings (SSSR count).